The Kier molecular flexibility index (Phi) is 3.65. The van der Waals surface area contributed by atoms with Crippen molar-refractivity contribution in [2.45, 2.75) is 45.4 Å². The van der Waals surface area contributed by atoms with E-state index in [2.05, 4.69) is 44.3 Å². The SMILES string of the molecule is Cc1ccc(C2CCNCC2)cc1C(C)C. The molecular weight excluding hydrogens is 194 g/mol. The van der Waals surface area contributed by atoms with E-state index in [-0.39, 0.29) is 0 Å². The van der Waals surface area contributed by atoms with E-state index in [0.717, 1.165) is 5.92 Å². The van der Waals surface area contributed by atoms with Gasteiger partial charge in [0.2, 0.25) is 0 Å². The lowest BCUT2D eigenvalue weighted by atomic mass is 9.86. The van der Waals surface area contributed by atoms with Gasteiger partial charge in [0.1, 0.15) is 0 Å². The van der Waals surface area contributed by atoms with Crippen molar-refractivity contribution in [3.8, 4) is 0 Å². The third-order valence-corrected chi connectivity index (χ3v) is 3.74. The Bertz CT molecular complexity index is 348. The summed E-state index contributed by atoms with van der Waals surface area (Å²) in [5, 5.41) is 3.43. The van der Waals surface area contributed by atoms with Crippen molar-refractivity contribution in [1.29, 1.82) is 0 Å². The van der Waals surface area contributed by atoms with Crippen molar-refractivity contribution < 1.29 is 0 Å². The maximum absolute atomic E-state index is 3.43. The molecule has 1 saturated heterocycles. The fraction of sp³-hybridized carbons (Fsp3) is 0.600. The second-order valence-electron chi connectivity index (χ2n) is 5.29. The van der Waals surface area contributed by atoms with Gasteiger partial charge in [-0.15, -0.1) is 0 Å². The van der Waals surface area contributed by atoms with Crippen LogP contribution in [0.25, 0.3) is 0 Å². The molecule has 0 spiro atoms. The highest BCUT2D eigenvalue weighted by Crippen LogP contribution is 2.29. The largest absolute Gasteiger partial charge is 0.317 e. The maximum atomic E-state index is 3.43. The summed E-state index contributed by atoms with van der Waals surface area (Å²) in [4.78, 5) is 0. The Labute approximate surface area is 99.3 Å². The van der Waals surface area contributed by atoms with E-state index in [1.807, 2.05) is 0 Å². The van der Waals surface area contributed by atoms with E-state index >= 15 is 0 Å². The summed E-state index contributed by atoms with van der Waals surface area (Å²) in [5.41, 5.74) is 4.51. The molecule has 0 atom stereocenters. The van der Waals surface area contributed by atoms with Gasteiger partial charge in [0, 0.05) is 0 Å². The van der Waals surface area contributed by atoms with Crippen molar-refractivity contribution in [3.05, 3.63) is 34.9 Å². The monoisotopic (exact) mass is 217 g/mol. The van der Waals surface area contributed by atoms with E-state index in [1.165, 1.54) is 37.1 Å². The molecule has 1 aliphatic heterocycles. The average molecular weight is 217 g/mol. The maximum Gasteiger partial charge on any atom is -0.00431 e. The highest BCUT2D eigenvalue weighted by atomic mass is 14.9. The molecule has 1 aromatic rings. The number of aryl methyl sites for hydroxylation is 1. The van der Waals surface area contributed by atoms with Crippen LogP contribution >= 0.6 is 0 Å². The highest BCUT2D eigenvalue weighted by Gasteiger charge is 2.16. The van der Waals surface area contributed by atoms with Crippen LogP contribution in [0.5, 0.6) is 0 Å². The molecule has 0 amide bonds. The number of benzene rings is 1. The van der Waals surface area contributed by atoms with Crippen molar-refractivity contribution in [2.75, 3.05) is 13.1 Å². The smallest absolute Gasteiger partial charge is 0.00431 e. The minimum absolute atomic E-state index is 0.640. The van der Waals surface area contributed by atoms with Crippen LogP contribution in [0.15, 0.2) is 18.2 Å². The van der Waals surface area contributed by atoms with E-state index in [0.29, 0.717) is 5.92 Å². The Morgan fingerprint density at radius 3 is 2.50 bits per heavy atom. The highest BCUT2D eigenvalue weighted by molar-refractivity contribution is 5.35. The Morgan fingerprint density at radius 1 is 1.19 bits per heavy atom. The van der Waals surface area contributed by atoms with Gasteiger partial charge in [-0.25, -0.2) is 0 Å². The van der Waals surface area contributed by atoms with Crippen molar-refractivity contribution >= 4 is 0 Å². The Hall–Kier alpha value is -0.820. The van der Waals surface area contributed by atoms with Gasteiger partial charge in [-0.05, 0) is 61.4 Å². The molecule has 2 rings (SSSR count). The fourth-order valence-corrected chi connectivity index (χ4v) is 2.69. The van der Waals surface area contributed by atoms with Gasteiger partial charge >= 0.3 is 0 Å². The van der Waals surface area contributed by atoms with Gasteiger partial charge in [-0.2, -0.15) is 0 Å². The third-order valence-electron chi connectivity index (χ3n) is 3.74. The summed E-state index contributed by atoms with van der Waals surface area (Å²) in [6.45, 7) is 9.15. The lowest BCUT2D eigenvalue weighted by Gasteiger charge is -2.24. The average Bonchev–Trinajstić information content (AvgIpc) is 2.30. The minimum Gasteiger partial charge on any atom is -0.317 e. The minimum atomic E-state index is 0.640. The van der Waals surface area contributed by atoms with Gasteiger partial charge < -0.3 is 5.32 Å². The first kappa shape index (κ1) is 11.7. The number of piperidine rings is 1. The zero-order chi connectivity index (χ0) is 11.5. The third kappa shape index (κ3) is 2.46. The van der Waals surface area contributed by atoms with Crippen LogP contribution in [-0.4, -0.2) is 13.1 Å². The van der Waals surface area contributed by atoms with Gasteiger partial charge in [-0.1, -0.05) is 32.0 Å². The molecule has 16 heavy (non-hydrogen) atoms. The second kappa shape index (κ2) is 5.01. The Balaban J connectivity index is 2.24. The predicted octanol–water partition coefficient (Wildman–Crippen LogP) is 3.59. The molecule has 0 aliphatic carbocycles. The van der Waals surface area contributed by atoms with Crippen molar-refractivity contribution in [2.24, 2.45) is 0 Å². The molecular formula is C15H23N. The van der Waals surface area contributed by atoms with Gasteiger partial charge in [-0.3, -0.25) is 0 Å². The quantitative estimate of drug-likeness (QED) is 0.798. The van der Waals surface area contributed by atoms with Gasteiger partial charge in [0.25, 0.3) is 0 Å². The zero-order valence-corrected chi connectivity index (χ0v) is 10.7. The number of rotatable bonds is 2. The van der Waals surface area contributed by atoms with Crippen LogP contribution in [0, 0.1) is 6.92 Å². The lowest BCUT2D eigenvalue weighted by Crippen LogP contribution is -2.26. The normalized spacial score (nSPS) is 18.0. The number of hydrogen-bond donors (Lipinski definition) is 1. The molecule has 0 saturated carbocycles. The molecule has 1 aromatic carbocycles. The molecule has 1 fully saturated rings. The molecule has 1 nitrogen and oxygen atoms in total. The standard InChI is InChI=1S/C15H23N/c1-11(2)15-10-14(5-4-12(15)3)13-6-8-16-9-7-13/h4-5,10-11,13,16H,6-9H2,1-3H3. The topological polar surface area (TPSA) is 12.0 Å². The van der Waals surface area contributed by atoms with E-state index in [1.54, 1.807) is 5.56 Å². The molecule has 0 unspecified atom stereocenters. The van der Waals surface area contributed by atoms with E-state index in [9.17, 15) is 0 Å². The molecule has 1 heteroatoms. The zero-order valence-electron chi connectivity index (χ0n) is 10.7. The number of nitrogens with one attached hydrogen (secondary N) is 1. The van der Waals surface area contributed by atoms with Crippen LogP contribution < -0.4 is 5.32 Å². The van der Waals surface area contributed by atoms with E-state index in [4.69, 9.17) is 0 Å². The lowest BCUT2D eigenvalue weighted by molar-refractivity contribution is 0.460. The summed E-state index contributed by atoms with van der Waals surface area (Å²) in [5.74, 6) is 1.42. The first-order valence-electron chi connectivity index (χ1n) is 6.49. The van der Waals surface area contributed by atoms with Crippen molar-refractivity contribution in [3.63, 3.8) is 0 Å². The summed E-state index contributed by atoms with van der Waals surface area (Å²) in [6, 6.07) is 7.07. The Morgan fingerprint density at radius 2 is 1.88 bits per heavy atom. The van der Waals surface area contributed by atoms with Crippen LogP contribution in [0.3, 0.4) is 0 Å². The predicted molar refractivity (Wildman–Crippen MR) is 70.1 cm³/mol. The van der Waals surface area contributed by atoms with Crippen LogP contribution in [0.1, 0.15) is 55.2 Å². The molecule has 0 bridgehead atoms. The fourth-order valence-electron chi connectivity index (χ4n) is 2.69. The van der Waals surface area contributed by atoms with Crippen molar-refractivity contribution in [1.82, 2.24) is 5.32 Å². The van der Waals surface area contributed by atoms with Gasteiger partial charge in [0.05, 0.1) is 0 Å². The van der Waals surface area contributed by atoms with E-state index < -0.39 is 0 Å². The summed E-state index contributed by atoms with van der Waals surface area (Å²) in [7, 11) is 0. The van der Waals surface area contributed by atoms with Crippen LogP contribution in [0.2, 0.25) is 0 Å². The summed E-state index contributed by atoms with van der Waals surface area (Å²) < 4.78 is 0. The molecule has 0 radical (unpaired) electrons. The second-order valence-corrected chi connectivity index (χ2v) is 5.29. The molecule has 1 aliphatic rings. The van der Waals surface area contributed by atoms with Crippen LogP contribution in [-0.2, 0) is 0 Å². The van der Waals surface area contributed by atoms with Gasteiger partial charge in [0.15, 0.2) is 0 Å². The number of hydrogen-bond acceptors (Lipinski definition) is 1. The molecule has 0 aromatic heterocycles. The van der Waals surface area contributed by atoms with Crippen LogP contribution in [0.4, 0.5) is 0 Å². The summed E-state index contributed by atoms with van der Waals surface area (Å²) in [6.07, 6.45) is 2.58. The molecule has 88 valence electrons. The molecule has 1 N–H and O–H groups in total. The molecule has 1 heterocycles. The first-order chi connectivity index (χ1) is 7.68. The first-order valence-corrected chi connectivity index (χ1v) is 6.49. The summed E-state index contributed by atoms with van der Waals surface area (Å²) >= 11 is 0.